The first-order valence-electron chi connectivity index (χ1n) is 7.00. The van der Waals surface area contributed by atoms with Crippen molar-refractivity contribution in [2.75, 3.05) is 0 Å². The van der Waals surface area contributed by atoms with Crippen LogP contribution in [0.1, 0.15) is 33.7 Å². The number of aromatic amines is 1. The number of benzene rings is 1. The van der Waals surface area contributed by atoms with Crippen LogP contribution >= 0.6 is 0 Å². The Bertz CT molecular complexity index is 816. The van der Waals surface area contributed by atoms with Crippen LogP contribution in [-0.4, -0.2) is 16.2 Å². The zero-order chi connectivity index (χ0) is 14.2. The minimum absolute atomic E-state index is 0.202. The number of fused-ring (bicyclic) bond motifs is 2. The van der Waals surface area contributed by atoms with E-state index in [4.69, 9.17) is 9.15 Å². The number of ether oxygens (including phenoxy) is 1. The number of rotatable bonds is 3. The topological polar surface area (TPSA) is 68.1 Å². The predicted molar refractivity (Wildman–Crippen MR) is 75.9 cm³/mol. The summed E-state index contributed by atoms with van der Waals surface area (Å²) in [6.45, 7) is 0.202. The molecule has 0 radical (unpaired) electrons. The molecular weight excluding hydrogens is 268 g/mol. The molecule has 0 spiro atoms. The van der Waals surface area contributed by atoms with Crippen LogP contribution in [0.2, 0.25) is 0 Å². The van der Waals surface area contributed by atoms with Crippen LogP contribution in [0.4, 0.5) is 0 Å². The van der Waals surface area contributed by atoms with Gasteiger partial charge in [0.25, 0.3) is 0 Å². The van der Waals surface area contributed by atoms with Gasteiger partial charge in [-0.05, 0) is 24.8 Å². The summed E-state index contributed by atoms with van der Waals surface area (Å²) >= 11 is 0. The van der Waals surface area contributed by atoms with E-state index in [-0.39, 0.29) is 6.61 Å². The molecule has 5 heteroatoms. The number of nitrogens with zero attached hydrogens (tertiary/aromatic N) is 1. The van der Waals surface area contributed by atoms with Gasteiger partial charge >= 0.3 is 5.97 Å². The maximum absolute atomic E-state index is 12.2. The van der Waals surface area contributed by atoms with Gasteiger partial charge in [0.15, 0.2) is 0 Å². The third-order valence-corrected chi connectivity index (χ3v) is 3.96. The molecule has 2 aromatic heterocycles. The molecule has 0 saturated heterocycles. The number of esters is 1. The van der Waals surface area contributed by atoms with Gasteiger partial charge in [-0.25, -0.2) is 4.79 Å². The molecule has 0 bridgehead atoms. The zero-order valence-electron chi connectivity index (χ0n) is 11.4. The van der Waals surface area contributed by atoms with Crippen molar-refractivity contribution in [3.05, 3.63) is 53.1 Å². The number of carbonyl (C=O) groups excluding carboxylic acids is 1. The summed E-state index contributed by atoms with van der Waals surface area (Å²) in [6.07, 6.45) is 6.38. The molecule has 0 aliphatic heterocycles. The van der Waals surface area contributed by atoms with Gasteiger partial charge in [-0.2, -0.15) is 5.10 Å². The Hall–Kier alpha value is -2.56. The third-order valence-electron chi connectivity index (χ3n) is 3.96. The van der Waals surface area contributed by atoms with Crippen molar-refractivity contribution in [2.45, 2.75) is 25.9 Å². The molecule has 1 aliphatic carbocycles. The molecule has 0 fully saturated rings. The second-order valence-electron chi connectivity index (χ2n) is 5.25. The molecule has 0 saturated carbocycles. The molecule has 0 atom stereocenters. The molecule has 21 heavy (non-hydrogen) atoms. The summed E-state index contributed by atoms with van der Waals surface area (Å²) in [5.41, 5.74) is 3.95. The van der Waals surface area contributed by atoms with Crippen LogP contribution < -0.4 is 0 Å². The average molecular weight is 282 g/mol. The molecular formula is C16H14N2O3. The van der Waals surface area contributed by atoms with E-state index in [1.807, 2.05) is 18.2 Å². The molecule has 0 unspecified atom stereocenters. The summed E-state index contributed by atoms with van der Waals surface area (Å²) in [4.78, 5) is 12.2. The molecule has 2 heterocycles. The summed E-state index contributed by atoms with van der Waals surface area (Å²) in [5.74, 6) is -0.0334. The van der Waals surface area contributed by atoms with Crippen molar-refractivity contribution in [2.24, 2.45) is 0 Å². The smallest absolute Gasteiger partial charge is 0.374 e. The average Bonchev–Trinajstić information content (AvgIpc) is 3.19. The van der Waals surface area contributed by atoms with Crippen LogP contribution in [0.5, 0.6) is 0 Å². The number of H-pyrrole nitrogens is 1. The van der Waals surface area contributed by atoms with Crippen LogP contribution in [0.15, 0.2) is 35.1 Å². The van der Waals surface area contributed by atoms with Crippen molar-refractivity contribution in [3.8, 4) is 0 Å². The molecule has 0 amide bonds. The fourth-order valence-corrected chi connectivity index (χ4v) is 2.89. The SMILES string of the molecule is O=C(OCc1cccc2cn[nH]c12)c1occ2c1CCC2. The Labute approximate surface area is 120 Å². The van der Waals surface area contributed by atoms with E-state index in [1.165, 1.54) is 0 Å². The van der Waals surface area contributed by atoms with E-state index in [0.29, 0.717) is 5.76 Å². The number of aryl methyl sites for hydroxylation is 1. The lowest BCUT2D eigenvalue weighted by atomic mass is 10.1. The lowest BCUT2D eigenvalue weighted by Crippen LogP contribution is -2.06. The highest BCUT2D eigenvalue weighted by Crippen LogP contribution is 2.28. The molecule has 1 aromatic carbocycles. The molecule has 4 rings (SSSR count). The summed E-state index contributed by atoms with van der Waals surface area (Å²) in [7, 11) is 0. The van der Waals surface area contributed by atoms with E-state index >= 15 is 0 Å². The Kier molecular flexibility index (Phi) is 2.77. The number of hydrogen-bond donors (Lipinski definition) is 1. The van der Waals surface area contributed by atoms with E-state index in [2.05, 4.69) is 10.2 Å². The van der Waals surface area contributed by atoms with Crippen molar-refractivity contribution in [3.63, 3.8) is 0 Å². The maximum Gasteiger partial charge on any atom is 0.374 e. The fourth-order valence-electron chi connectivity index (χ4n) is 2.89. The number of furan rings is 1. The van der Waals surface area contributed by atoms with Crippen molar-refractivity contribution in [1.82, 2.24) is 10.2 Å². The van der Waals surface area contributed by atoms with Crippen LogP contribution in [0.3, 0.4) is 0 Å². The van der Waals surface area contributed by atoms with Gasteiger partial charge in [-0.1, -0.05) is 18.2 Å². The normalized spacial score (nSPS) is 13.5. The second kappa shape index (κ2) is 4.77. The quantitative estimate of drug-likeness (QED) is 0.750. The third kappa shape index (κ3) is 2.01. The largest absolute Gasteiger partial charge is 0.457 e. The Balaban J connectivity index is 1.54. The van der Waals surface area contributed by atoms with Gasteiger partial charge < -0.3 is 9.15 Å². The molecule has 106 valence electrons. The second-order valence-corrected chi connectivity index (χ2v) is 5.25. The number of nitrogens with one attached hydrogen (secondary N) is 1. The van der Waals surface area contributed by atoms with Gasteiger partial charge in [0.1, 0.15) is 6.61 Å². The lowest BCUT2D eigenvalue weighted by molar-refractivity contribution is 0.0436. The van der Waals surface area contributed by atoms with Crippen LogP contribution in [0, 0.1) is 0 Å². The van der Waals surface area contributed by atoms with Crippen molar-refractivity contribution in [1.29, 1.82) is 0 Å². The van der Waals surface area contributed by atoms with Gasteiger partial charge in [-0.3, -0.25) is 5.10 Å². The predicted octanol–water partition coefficient (Wildman–Crippen LogP) is 3.00. The highest BCUT2D eigenvalue weighted by Gasteiger charge is 2.24. The monoisotopic (exact) mass is 282 g/mol. The molecule has 5 nitrogen and oxygen atoms in total. The van der Waals surface area contributed by atoms with Gasteiger partial charge in [0.05, 0.1) is 18.0 Å². The fraction of sp³-hybridized carbons (Fsp3) is 0.250. The molecule has 1 N–H and O–H groups in total. The van der Waals surface area contributed by atoms with Gasteiger partial charge in [0.2, 0.25) is 5.76 Å². The van der Waals surface area contributed by atoms with E-state index < -0.39 is 5.97 Å². The summed E-state index contributed by atoms with van der Waals surface area (Å²) in [5, 5.41) is 7.93. The van der Waals surface area contributed by atoms with E-state index in [9.17, 15) is 4.79 Å². The van der Waals surface area contributed by atoms with Crippen molar-refractivity contribution >= 4 is 16.9 Å². The standard InChI is InChI=1S/C16H14N2O3/c19-16(15-13-6-2-4-11(13)8-20-15)21-9-12-5-1-3-10-7-17-18-14(10)12/h1,3,5,7-8H,2,4,6,9H2,(H,17,18). The Morgan fingerprint density at radius 3 is 3.29 bits per heavy atom. The Morgan fingerprint density at radius 1 is 1.38 bits per heavy atom. The highest BCUT2D eigenvalue weighted by molar-refractivity contribution is 5.89. The zero-order valence-corrected chi connectivity index (χ0v) is 11.4. The van der Waals surface area contributed by atoms with Gasteiger partial charge in [-0.15, -0.1) is 0 Å². The number of aromatic nitrogens is 2. The minimum atomic E-state index is -0.394. The maximum atomic E-state index is 12.2. The van der Waals surface area contributed by atoms with Crippen LogP contribution in [-0.2, 0) is 24.2 Å². The number of hydrogen-bond acceptors (Lipinski definition) is 4. The summed E-state index contributed by atoms with van der Waals surface area (Å²) < 4.78 is 10.8. The summed E-state index contributed by atoms with van der Waals surface area (Å²) in [6, 6.07) is 5.80. The highest BCUT2D eigenvalue weighted by atomic mass is 16.5. The first-order valence-corrected chi connectivity index (χ1v) is 7.00. The van der Waals surface area contributed by atoms with Crippen molar-refractivity contribution < 1.29 is 13.9 Å². The minimum Gasteiger partial charge on any atom is -0.457 e. The first-order chi connectivity index (χ1) is 10.3. The number of carbonyl (C=O) groups is 1. The number of para-hydroxylation sites is 1. The van der Waals surface area contributed by atoms with E-state index in [0.717, 1.165) is 46.9 Å². The van der Waals surface area contributed by atoms with E-state index in [1.54, 1.807) is 12.5 Å². The van der Waals surface area contributed by atoms with Gasteiger partial charge in [0, 0.05) is 16.5 Å². The van der Waals surface area contributed by atoms with Crippen LogP contribution in [0.25, 0.3) is 10.9 Å². The lowest BCUT2D eigenvalue weighted by Gasteiger charge is -2.05. The first kappa shape index (κ1) is 12.2. The molecule has 1 aliphatic rings. The Morgan fingerprint density at radius 2 is 2.33 bits per heavy atom. The molecule has 3 aromatic rings.